The number of aryl methyl sites for hydroxylation is 1. The summed E-state index contributed by atoms with van der Waals surface area (Å²) in [6, 6.07) is 9.37. The first kappa shape index (κ1) is 21.2. The maximum Gasteiger partial charge on any atom is 0.251 e. The minimum atomic E-state index is -0.0976. The molecule has 7 nitrogen and oxygen atoms in total. The van der Waals surface area contributed by atoms with Gasteiger partial charge < -0.3 is 14.7 Å². The number of aromatic amines is 1. The Balaban J connectivity index is 1.27. The van der Waals surface area contributed by atoms with Gasteiger partial charge >= 0.3 is 0 Å². The zero-order chi connectivity index (χ0) is 22.8. The average molecular weight is 442 g/mol. The van der Waals surface area contributed by atoms with Crippen molar-refractivity contribution in [1.82, 2.24) is 25.2 Å². The van der Waals surface area contributed by atoms with Gasteiger partial charge in [-0.3, -0.25) is 14.7 Å². The van der Waals surface area contributed by atoms with Crippen molar-refractivity contribution in [3.05, 3.63) is 88.4 Å². The van der Waals surface area contributed by atoms with Gasteiger partial charge in [0.05, 0.1) is 23.6 Å². The summed E-state index contributed by atoms with van der Waals surface area (Å²) < 4.78 is 5.43. The number of hydrogen-bond acceptors (Lipinski definition) is 5. The van der Waals surface area contributed by atoms with E-state index in [2.05, 4.69) is 38.2 Å². The van der Waals surface area contributed by atoms with Gasteiger partial charge in [0.1, 0.15) is 5.76 Å². The van der Waals surface area contributed by atoms with Crippen molar-refractivity contribution in [2.45, 2.75) is 33.4 Å². The maximum atomic E-state index is 12.8. The number of amides is 1. The fraction of sp³-hybridized carbons (Fsp3) is 0.269. The minimum Gasteiger partial charge on any atom is -0.465 e. The smallest absolute Gasteiger partial charge is 0.251 e. The van der Waals surface area contributed by atoms with E-state index in [4.69, 9.17) is 4.42 Å². The van der Waals surface area contributed by atoms with Gasteiger partial charge in [-0.15, -0.1) is 0 Å². The van der Waals surface area contributed by atoms with Gasteiger partial charge in [-0.1, -0.05) is 5.57 Å². The third-order valence-corrected chi connectivity index (χ3v) is 6.19. The Morgan fingerprint density at radius 1 is 1.30 bits per heavy atom. The Labute approximate surface area is 192 Å². The fourth-order valence-electron chi connectivity index (χ4n) is 4.51. The van der Waals surface area contributed by atoms with Gasteiger partial charge in [0.15, 0.2) is 0 Å². The highest BCUT2D eigenvalue weighted by Crippen LogP contribution is 2.25. The second-order valence-electron chi connectivity index (χ2n) is 8.61. The van der Waals surface area contributed by atoms with Crippen LogP contribution in [0.2, 0.25) is 0 Å². The Hall–Kier alpha value is -3.71. The van der Waals surface area contributed by atoms with Crippen molar-refractivity contribution < 1.29 is 9.21 Å². The molecule has 0 spiro atoms. The number of carbonyl (C=O) groups is 1. The molecule has 168 valence electrons. The number of fused-ring (bicyclic) bond motifs is 2. The number of aromatic nitrogens is 3. The first-order chi connectivity index (χ1) is 16.1. The van der Waals surface area contributed by atoms with Crippen molar-refractivity contribution in [3.63, 3.8) is 0 Å². The monoisotopic (exact) mass is 441 g/mol. The summed E-state index contributed by atoms with van der Waals surface area (Å²) in [4.78, 5) is 27.1. The van der Waals surface area contributed by atoms with Gasteiger partial charge in [0.25, 0.3) is 5.91 Å². The lowest BCUT2D eigenvalue weighted by atomic mass is 9.94. The van der Waals surface area contributed by atoms with Crippen LogP contribution in [0, 0.1) is 6.92 Å². The Morgan fingerprint density at radius 3 is 3.06 bits per heavy atom. The third-order valence-electron chi connectivity index (χ3n) is 6.19. The van der Waals surface area contributed by atoms with Gasteiger partial charge in [-0.05, 0) is 73.4 Å². The van der Waals surface area contributed by atoms with Crippen LogP contribution in [-0.4, -0.2) is 38.8 Å². The highest BCUT2D eigenvalue weighted by atomic mass is 16.3. The molecule has 1 amide bonds. The summed E-state index contributed by atoms with van der Waals surface area (Å²) in [5, 5.41) is 3.08. The van der Waals surface area contributed by atoms with Gasteiger partial charge in [-0.2, -0.15) is 0 Å². The molecule has 4 heterocycles. The van der Waals surface area contributed by atoms with E-state index in [1.807, 2.05) is 37.4 Å². The summed E-state index contributed by atoms with van der Waals surface area (Å²) in [7, 11) is 0. The third kappa shape index (κ3) is 4.59. The first-order valence-corrected chi connectivity index (χ1v) is 11.2. The molecule has 0 saturated heterocycles. The molecule has 1 aromatic carbocycles. The number of rotatable bonds is 6. The van der Waals surface area contributed by atoms with Crippen LogP contribution in [0.5, 0.6) is 0 Å². The van der Waals surface area contributed by atoms with E-state index in [-0.39, 0.29) is 5.91 Å². The average Bonchev–Trinajstić information content (AvgIpc) is 3.49. The van der Waals surface area contributed by atoms with Crippen LogP contribution in [0.3, 0.4) is 0 Å². The molecule has 0 saturated carbocycles. The van der Waals surface area contributed by atoms with E-state index in [0.717, 1.165) is 54.1 Å². The standard InChI is InChI=1S/C26H27N5O2/c1-17(10-21-4-3-9-33-21)14-31-8-7-22-20(15-31)12-27-18(2)23(22)13-28-26(32)19-5-6-24-25(11-19)30-16-29-24/h3-6,9-12,16H,7-8,13-15H2,1-2H3,(H,28,32)(H,29,30)/b17-10+. The van der Waals surface area contributed by atoms with Gasteiger partial charge in [-0.25, -0.2) is 4.98 Å². The summed E-state index contributed by atoms with van der Waals surface area (Å²) in [5.41, 5.74) is 8.24. The van der Waals surface area contributed by atoms with E-state index in [1.54, 1.807) is 18.7 Å². The topological polar surface area (TPSA) is 87.1 Å². The van der Waals surface area contributed by atoms with Crippen molar-refractivity contribution >= 4 is 23.0 Å². The molecule has 0 atom stereocenters. The molecule has 0 bridgehead atoms. The molecule has 7 heteroatoms. The molecule has 0 aliphatic carbocycles. The maximum absolute atomic E-state index is 12.8. The van der Waals surface area contributed by atoms with E-state index in [9.17, 15) is 4.79 Å². The number of nitrogens with one attached hydrogen (secondary N) is 2. The highest BCUT2D eigenvalue weighted by molar-refractivity contribution is 5.97. The molecular formula is C26H27N5O2. The summed E-state index contributed by atoms with van der Waals surface area (Å²) in [6.07, 6.45) is 8.35. The number of nitrogens with zero attached hydrogens (tertiary/aromatic N) is 3. The SMILES string of the molecule is C/C(=C\c1ccco1)CN1CCc2c(cnc(C)c2CNC(=O)c2ccc3nc[nH]c3c2)C1. The molecule has 5 rings (SSSR count). The number of carbonyl (C=O) groups excluding carboxylic acids is 1. The summed E-state index contributed by atoms with van der Waals surface area (Å²) >= 11 is 0. The molecule has 0 fully saturated rings. The van der Waals surface area contributed by atoms with Crippen LogP contribution >= 0.6 is 0 Å². The minimum absolute atomic E-state index is 0.0976. The fourth-order valence-corrected chi connectivity index (χ4v) is 4.51. The Bertz CT molecular complexity index is 1320. The Morgan fingerprint density at radius 2 is 2.21 bits per heavy atom. The molecule has 1 aliphatic rings. The number of H-pyrrole nitrogens is 1. The molecule has 1 aliphatic heterocycles. The van der Waals surface area contributed by atoms with E-state index >= 15 is 0 Å². The van der Waals surface area contributed by atoms with Crippen molar-refractivity contribution in [3.8, 4) is 0 Å². The largest absolute Gasteiger partial charge is 0.465 e. The quantitative estimate of drug-likeness (QED) is 0.467. The second-order valence-corrected chi connectivity index (χ2v) is 8.61. The lowest BCUT2D eigenvalue weighted by Gasteiger charge is -2.30. The van der Waals surface area contributed by atoms with Gasteiger partial charge in [0, 0.05) is 43.6 Å². The normalized spacial score (nSPS) is 14.4. The molecular weight excluding hydrogens is 414 g/mol. The number of imidazole rings is 1. The van der Waals surface area contributed by atoms with E-state index in [0.29, 0.717) is 12.1 Å². The lowest BCUT2D eigenvalue weighted by molar-refractivity contribution is 0.0951. The van der Waals surface area contributed by atoms with Crippen molar-refractivity contribution in [1.29, 1.82) is 0 Å². The van der Waals surface area contributed by atoms with Crippen molar-refractivity contribution in [2.75, 3.05) is 13.1 Å². The summed E-state index contributed by atoms with van der Waals surface area (Å²) in [5.74, 6) is 0.784. The number of benzene rings is 1. The zero-order valence-corrected chi connectivity index (χ0v) is 18.9. The van der Waals surface area contributed by atoms with Crippen molar-refractivity contribution in [2.24, 2.45) is 0 Å². The highest BCUT2D eigenvalue weighted by Gasteiger charge is 2.21. The van der Waals surface area contributed by atoms with Crippen LogP contribution in [0.25, 0.3) is 17.1 Å². The Kier molecular flexibility index (Phi) is 5.79. The lowest BCUT2D eigenvalue weighted by Crippen LogP contribution is -2.33. The summed E-state index contributed by atoms with van der Waals surface area (Å²) in [6.45, 7) is 7.32. The molecule has 2 N–H and O–H groups in total. The van der Waals surface area contributed by atoms with Gasteiger partial charge in [0.2, 0.25) is 0 Å². The number of hydrogen-bond donors (Lipinski definition) is 2. The van der Waals surface area contributed by atoms with Crippen LogP contribution < -0.4 is 5.32 Å². The van der Waals surface area contributed by atoms with Crippen LogP contribution in [0.1, 0.15) is 45.4 Å². The van der Waals surface area contributed by atoms with Crippen LogP contribution in [-0.2, 0) is 19.5 Å². The predicted molar refractivity (Wildman–Crippen MR) is 128 cm³/mol. The molecule has 3 aromatic heterocycles. The van der Waals surface area contributed by atoms with Crippen LogP contribution in [0.4, 0.5) is 0 Å². The molecule has 0 unspecified atom stereocenters. The molecule has 4 aromatic rings. The first-order valence-electron chi connectivity index (χ1n) is 11.2. The van der Waals surface area contributed by atoms with E-state index < -0.39 is 0 Å². The second kappa shape index (κ2) is 9.03. The number of furan rings is 1. The predicted octanol–water partition coefficient (Wildman–Crippen LogP) is 4.25. The zero-order valence-electron chi connectivity index (χ0n) is 18.9. The van der Waals surface area contributed by atoms with Crippen LogP contribution in [0.15, 0.2) is 59.1 Å². The van der Waals surface area contributed by atoms with E-state index in [1.165, 1.54) is 16.7 Å². The number of pyridine rings is 1. The molecule has 33 heavy (non-hydrogen) atoms. The molecule has 0 radical (unpaired) electrons.